The van der Waals surface area contributed by atoms with Crippen molar-refractivity contribution < 1.29 is 13.2 Å². The Morgan fingerprint density at radius 3 is 2.41 bits per heavy atom. The number of likely N-dealkylation sites (tertiary alicyclic amines) is 1. The highest BCUT2D eigenvalue weighted by Gasteiger charge is 2.31. The molecule has 0 N–H and O–H groups in total. The van der Waals surface area contributed by atoms with Gasteiger partial charge in [-0.2, -0.15) is 0 Å². The Morgan fingerprint density at radius 2 is 1.86 bits per heavy atom. The van der Waals surface area contributed by atoms with Crippen molar-refractivity contribution in [1.29, 1.82) is 0 Å². The van der Waals surface area contributed by atoms with Crippen molar-refractivity contribution in [2.45, 2.75) is 37.8 Å². The molecule has 8 heteroatoms. The highest BCUT2D eigenvalue weighted by molar-refractivity contribution is 7.88. The number of nitrogens with zero attached hydrogens (tertiary/aromatic N) is 3. The zero-order valence-corrected chi connectivity index (χ0v) is 14.5. The Morgan fingerprint density at radius 1 is 1.18 bits per heavy atom. The van der Waals surface area contributed by atoms with Crippen LogP contribution < -0.4 is 4.74 Å². The molecule has 0 saturated carbocycles. The third-order valence-electron chi connectivity index (χ3n) is 4.56. The predicted octanol–water partition coefficient (Wildman–Crippen LogP) is 1.41. The molecule has 1 aromatic heterocycles. The van der Waals surface area contributed by atoms with Crippen LogP contribution >= 0.6 is 11.3 Å². The fourth-order valence-corrected chi connectivity index (χ4v) is 4.73. The molecule has 0 aromatic carbocycles. The van der Waals surface area contributed by atoms with E-state index >= 15 is 0 Å². The Bertz CT molecular complexity index is 560. The maximum absolute atomic E-state index is 11.6. The first-order valence-electron chi connectivity index (χ1n) is 7.78. The lowest BCUT2D eigenvalue weighted by Gasteiger charge is -2.40. The minimum Gasteiger partial charge on any atom is -0.467 e. The summed E-state index contributed by atoms with van der Waals surface area (Å²) in [6.45, 7) is 3.36. The second-order valence-electron chi connectivity index (χ2n) is 6.04. The first-order chi connectivity index (χ1) is 10.5. The van der Waals surface area contributed by atoms with Crippen LogP contribution in [0.3, 0.4) is 0 Å². The molecule has 0 amide bonds. The van der Waals surface area contributed by atoms with Gasteiger partial charge >= 0.3 is 0 Å². The third kappa shape index (κ3) is 3.98. The van der Waals surface area contributed by atoms with Crippen molar-refractivity contribution in [2.75, 3.05) is 32.4 Å². The van der Waals surface area contributed by atoms with Crippen molar-refractivity contribution in [3.63, 3.8) is 0 Å². The molecule has 0 unspecified atom stereocenters. The van der Waals surface area contributed by atoms with Gasteiger partial charge in [0.2, 0.25) is 10.0 Å². The molecule has 2 saturated heterocycles. The van der Waals surface area contributed by atoms with E-state index in [1.807, 2.05) is 5.38 Å². The first kappa shape index (κ1) is 16.2. The van der Waals surface area contributed by atoms with Gasteiger partial charge in [-0.3, -0.25) is 0 Å². The molecule has 124 valence electrons. The average Bonchev–Trinajstić information content (AvgIpc) is 3.00. The molecule has 2 fully saturated rings. The van der Waals surface area contributed by atoms with Gasteiger partial charge in [0.1, 0.15) is 6.10 Å². The molecule has 3 rings (SSSR count). The van der Waals surface area contributed by atoms with E-state index in [1.165, 1.54) is 17.6 Å². The van der Waals surface area contributed by atoms with Crippen molar-refractivity contribution >= 4 is 21.4 Å². The van der Waals surface area contributed by atoms with Gasteiger partial charge in [0.05, 0.1) is 6.26 Å². The molecular formula is C14H23N3O3S2. The molecule has 0 radical (unpaired) electrons. The van der Waals surface area contributed by atoms with Gasteiger partial charge in [-0.15, -0.1) is 0 Å². The van der Waals surface area contributed by atoms with Gasteiger partial charge in [0.25, 0.3) is 5.19 Å². The van der Waals surface area contributed by atoms with Crippen LogP contribution in [-0.4, -0.2) is 67.2 Å². The zero-order valence-electron chi connectivity index (χ0n) is 12.8. The van der Waals surface area contributed by atoms with E-state index in [0.717, 1.165) is 44.0 Å². The van der Waals surface area contributed by atoms with E-state index in [2.05, 4.69) is 9.88 Å². The van der Waals surface area contributed by atoms with Gasteiger partial charge in [-0.25, -0.2) is 17.7 Å². The van der Waals surface area contributed by atoms with Gasteiger partial charge in [-0.1, -0.05) is 11.3 Å². The quantitative estimate of drug-likeness (QED) is 0.826. The van der Waals surface area contributed by atoms with Crippen LogP contribution in [0.15, 0.2) is 11.6 Å². The second-order valence-corrected chi connectivity index (χ2v) is 8.88. The summed E-state index contributed by atoms with van der Waals surface area (Å²) in [5, 5.41) is 2.69. The van der Waals surface area contributed by atoms with Crippen LogP contribution in [0.2, 0.25) is 0 Å². The van der Waals surface area contributed by atoms with Gasteiger partial charge in [0.15, 0.2) is 0 Å². The maximum Gasteiger partial charge on any atom is 0.273 e. The summed E-state index contributed by atoms with van der Waals surface area (Å²) in [6.07, 6.45) is 7.24. The van der Waals surface area contributed by atoms with Crippen LogP contribution in [0.4, 0.5) is 0 Å². The fourth-order valence-electron chi connectivity index (χ4n) is 3.31. The molecule has 0 bridgehead atoms. The summed E-state index contributed by atoms with van der Waals surface area (Å²) >= 11 is 1.54. The number of rotatable bonds is 4. The Balaban J connectivity index is 1.44. The maximum atomic E-state index is 11.6. The van der Waals surface area contributed by atoms with Crippen LogP contribution in [0.5, 0.6) is 5.19 Å². The topological polar surface area (TPSA) is 62.7 Å². The van der Waals surface area contributed by atoms with Gasteiger partial charge in [-0.05, 0) is 25.7 Å². The zero-order chi connectivity index (χ0) is 15.6. The first-order valence-corrected chi connectivity index (χ1v) is 10.5. The molecule has 1 aromatic rings. The lowest BCUT2D eigenvalue weighted by molar-refractivity contribution is 0.0585. The van der Waals surface area contributed by atoms with Gasteiger partial charge in [0, 0.05) is 43.8 Å². The number of piperidine rings is 2. The van der Waals surface area contributed by atoms with E-state index in [1.54, 1.807) is 10.5 Å². The van der Waals surface area contributed by atoms with Gasteiger partial charge < -0.3 is 9.64 Å². The number of aromatic nitrogens is 1. The van der Waals surface area contributed by atoms with E-state index in [-0.39, 0.29) is 6.10 Å². The van der Waals surface area contributed by atoms with Crippen LogP contribution in [0, 0.1) is 0 Å². The number of hydrogen-bond donors (Lipinski definition) is 0. The van der Waals surface area contributed by atoms with Crippen molar-refractivity contribution in [1.82, 2.24) is 14.2 Å². The van der Waals surface area contributed by atoms with Crippen LogP contribution in [0.25, 0.3) is 0 Å². The molecule has 6 nitrogen and oxygen atoms in total. The molecule has 0 aliphatic carbocycles. The number of sulfonamides is 1. The smallest absolute Gasteiger partial charge is 0.273 e. The molecule has 0 atom stereocenters. The SMILES string of the molecule is CS(=O)(=O)N1CCC(N2CCC(Oc3nccs3)CC2)CC1. The summed E-state index contributed by atoms with van der Waals surface area (Å²) in [5.74, 6) is 0. The van der Waals surface area contributed by atoms with Crippen LogP contribution in [0.1, 0.15) is 25.7 Å². The Hall–Kier alpha value is -0.700. The minimum absolute atomic E-state index is 0.263. The summed E-state index contributed by atoms with van der Waals surface area (Å²) in [5.41, 5.74) is 0. The predicted molar refractivity (Wildman–Crippen MR) is 86.8 cm³/mol. The molecule has 0 spiro atoms. The highest BCUT2D eigenvalue weighted by atomic mass is 32.2. The van der Waals surface area contributed by atoms with Crippen LogP contribution in [-0.2, 0) is 10.0 Å². The molecule has 2 aliphatic heterocycles. The minimum atomic E-state index is -3.03. The summed E-state index contributed by atoms with van der Waals surface area (Å²) in [7, 11) is -3.03. The Labute approximate surface area is 136 Å². The second kappa shape index (κ2) is 6.82. The number of hydrogen-bond acceptors (Lipinski definition) is 6. The molecule has 2 aliphatic rings. The van der Waals surface area contributed by atoms with E-state index in [0.29, 0.717) is 19.1 Å². The normalized spacial score (nSPS) is 23.7. The average molecular weight is 345 g/mol. The number of thiazole rings is 1. The Kier molecular flexibility index (Phi) is 5.01. The van der Waals surface area contributed by atoms with E-state index < -0.39 is 10.0 Å². The highest BCUT2D eigenvalue weighted by Crippen LogP contribution is 2.25. The van der Waals surface area contributed by atoms with Crippen molar-refractivity contribution in [3.8, 4) is 5.19 Å². The third-order valence-corrected chi connectivity index (χ3v) is 6.53. The lowest BCUT2D eigenvalue weighted by Crippen LogP contribution is -2.49. The largest absolute Gasteiger partial charge is 0.467 e. The van der Waals surface area contributed by atoms with E-state index in [9.17, 15) is 8.42 Å². The summed E-state index contributed by atoms with van der Waals surface area (Å²) < 4.78 is 30.6. The molecule has 22 heavy (non-hydrogen) atoms. The number of ether oxygens (including phenoxy) is 1. The lowest BCUT2D eigenvalue weighted by atomic mass is 10.00. The van der Waals surface area contributed by atoms with Crippen molar-refractivity contribution in [3.05, 3.63) is 11.6 Å². The van der Waals surface area contributed by atoms with Crippen molar-refractivity contribution in [2.24, 2.45) is 0 Å². The molecule has 3 heterocycles. The standard InChI is InChI=1S/C14H23N3O3S2/c1-22(18,19)17-9-2-12(3-10-17)16-7-4-13(5-8-16)20-14-15-6-11-21-14/h6,11-13H,2-5,7-10H2,1H3. The summed E-state index contributed by atoms with van der Waals surface area (Å²) in [4.78, 5) is 6.67. The summed E-state index contributed by atoms with van der Waals surface area (Å²) in [6, 6.07) is 0.513. The monoisotopic (exact) mass is 345 g/mol. The molecular weight excluding hydrogens is 322 g/mol. The van der Waals surface area contributed by atoms with E-state index in [4.69, 9.17) is 4.74 Å². The fraction of sp³-hybridized carbons (Fsp3) is 0.786.